The SMILES string of the molecule is CCCCCC(O)CCCCC=CC=CC=CC(=O)Nc1ccccc1O. The standard InChI is InChI=1S/C23H33NO3/c1-2-3-10-15-20(25)16-11-8-6-4-5-7-9-12-19-23(27)24-21-17-13-14-18-22(21)26/h4-5,7,9,12-14,17-20,25-26H,2-3,6,8,10-11,15-16H2,1H3,(H,24,27). The van der Waals surface area contributed by atoms with Gasteiger partial charge in [0.25, 0.3) is 0 Å². The number of phenols is 1. The minimum atomic E-state index is -0.289. The fraction of sp³-hybridized carbons (Fsp3) is 0.435. The highest BCUT2D eigenvalue weighted by atomic mass is 16.3. The number of aliphatic hydroxyl groups is 1. The topological polar surface area (TPSA) is 69.6 Å². The molecule has 1 atom stereocenters. The Kier molecular flexibility index (Phi) is 12.4. The van der Waals surface area contributed by atoms with E-state index in [0.29, 0.717) is 5.69 Å². The van der Waals surface area contributed by atoms with E-state index in [1.165, 1.54) is 25.0 Å². The molecule has 0 radical (unpaired) electrons. The lowest BCUT2D eigenvalue weighted by Crippen LogP contribution is -2.07. The van der Waals surface area contributed by atoms with Gasteiger partial charge >= 0.3 is 0 Å². The number of hydrogen-bond acceptors (Lipinski definition) is 3. The molecule has 3 N–H and O–H groups in total. The first-order valence-electron chi connectivity index (χ1n) is 9.90. The third-order valence-corrected chi connectivity index (χ3v) is 4.18. The fourth-order valence-electron chi connectivity index (χ4n) is 2.62. The zero-order chi connectivity index (χ0) is 19.7. The number of aromatic hydroxyl groups is 1. The van der Waals surface area contributed by atoms with E-state index in [2.05, 4.69) is 18.3 Å². The molecule has 4 nitrogen and oxygen atoms in total. The molecular formula is C23H33NO3. The Labute approximate surface area is 163 Å². The van der Waals surface area contributed by atoms with Gasteiger partial charge < -0.3 is 15.5 Å². The van der Waals surface area contributed by atoms with Crippen LogP contribution in [0.5, 0.6) is 5.75 Å². The summed E-state index contributed by atoms with van der Waals surface area (Å²) in [5.74, 6) is -0.242. The lowest BCUT2D eigenvalue weighted by molar-refractivity contribution is -0.111. The maximum absolute atomic E-state index is 11.7. The number of benzene rings is 1. The van der Waals surface area contributed by atoms with E-state index in [-0.39, 0.29) is 17.8 Å². The zero-order valence-electron chi connectivity index (χ0n) is 16.3. The van der Waals surface area contributed by atoms with Crippen molar-refractivity contribution in [1.29, 1.82) is 0 Å². The van der Waals surface area contributed by atoms with Crippen molar-refractivity contribution in [1.82, 2.24) is 0 Å². The molecule has 0 aliphatic heterocycles. The Morgan fingerprint density at radius 3 is 2.48 bits per heavy atom. The molecule has 0 aliphatic rings. The van der Waals surface area contributed by atoms with E-state index in [1.54, 1.807) is 30.4 Å². The van der Waals surface area contributed by atoms with Crippen LogP contribution in [0.25, 0.3) is 0 Å². The molecule has 1 aromatic rings. The third-order valence-electron chi connectivity index (χ3n) is 4.18. The van der Waals surface area contributed by atoms with Crippen LogP contribution in [0.3, 0.4) is 0 Å². The maximum atomic E-state index is 11.7. The van der Waals surface area contributed by atoms with Gasteiger partial charge in [-0.3, -0.25) is 4.79 Å². The van der Waals surface area contributed by atoms with Crippen molar-refractivity contribution in [2.75, 3.05) is 5.32 Å². The van der Waals surface area contributed by atoms with Crippen LogP contribution < -0.4 is 5.32 Å². The highest BCUT2D eigenvalue weighted by Gasteiger charge is 2.02. The lowest BCUT2D eigenvalue weighted by atomic mass is 10.0. The van der Waals surface area contributed by atoms with E-state index < -0.39 is 0 Å². The molecule has 4 heteroatoms. The molecule has 27 heavy (non-hydrogen) atoms. The van der Waals surface area contributed by atoms with Gasteiger partial charge in [0.15, 0.2) is 0 Å². The van der Waals surface area contributed by atoms with Gasteiger partial charge in [-0.1, -0.05) is 75.1 Å². The predicted octanol–water partition coefficient (Wildman–Crippen LogP) is 5.50. The average molecular weight is 372 g/mol. The van der Waals surface area contributed by atoms with Crippen molar-refractivity contribution in [2.45, 2.75) is 64.4 Å². The smallest absolute Gasteiger partial charge is 0.248 e. The summed E-state index contributed by atoms with van der Waals surface area (Å²) < 4.78 is 0. The number of carbonyl (C=O) groups excluding carboxylic acids is 1. The molecule has 0 bridgehead atoms. The largest absolute Gasteiger partial charge is 0.506 e. The van der Waals surface area contributed by atoms with E-state index in [0.717, 1.165) is 38.5 Å². The number of amides is 1. The molecule has 1 aromatic carbocycles. The van der Waals surface area contributed by atoms with E-state index in [9.17, 15) is 15.0 Å². The lowest BCUT2D eigenvalue weighted by Gasteiger charge is -2.09. The third kappa shape index (κ3) is 11.8. The number of carbonyl (C=O) groups is 1. The summed E-state index contributed by atoms with van der Waals surface area (Å²) in [5.41, 5.74) is 0.395. The number of anilines is 1. The Bertz CT molecular complexity index is 620. The van der Waals surface area contributed by atoms with Gasteiger partial charge in [-0.25, -0.2) is 0 Å². The Morgan fingerprint density at radius 1 is 1.04 bits per heavy atom. The van der Waals surface area contributed by atoms with Gasteiger partial charge in [0, 0.05) is 6.08 Å². The van der Waals surface area contributed by atoms with Gasteiger partial charge in [0.1, 0.15) is 5.75 Å². The normalized spacial score (nSPS) is 13.0. The first-order chi connectivity index (χ1) is 13.1. The van der Waals surface area contributed by atoms with E-state index in [1.807, 2.05) is 12.2 Å². The number of rotatable bonds is 13. The van der Waals surface area contributed by atoms with Crippen LogP contribution in [0.4, 0.5) is 5.69 Å². The molecule has 1 rings (SSSR count). The average Bonchev–Trinajstić information content (AvgIpc) is 2.65. The zero-order valence-corrected chi connectivity index (χ0v) is 16.3. The molecule has 148 valence electrons. The monoisotopic (exact) mass is 371 g/mol. The minimum absolute atomic E-state index is 0.0474. The first-order valence-corrected chi connectivity index (χ1v) is 9.90. The van der Waals surface area contributed by atoms with Gasteiger partial charge in [0.05, 0.1) is 11.8 Å². The molecule has 0 saturated carbocycles. The summed E-state index contributed by atoms with van der Waals surface area (Å²) >= 11 is 0. The van der Waals surface area contributed by atoms with E-state index in [4.69, 9.17) is 0 Å². The first kappa shape index (κ1) is 22.7. The number of nitrogens with one attached hydrogen (secondary N) is 1. The van der Waals surface area contributed by atoms with Crippen molar-refractivity contribution < 1.29 is 15.0 Å². The van der Waals surface area contributed by atoms with E-state index >= 15 is 0 Å². The van der Waals surface area contributed by atoms with Crippen molar-refractivity contribution >= 4 is 11.6 Å². The van der Waals surface area contributed by atoms with Crippen molar-refractivity contribution in [2.24, 2.45) is 0 Å². The summed E-state index contributed by atoms with van der Waals surface area (Å²) in [4.78, 5) is 11.7. The number of unbranched alkanes of at least 4 members (excludes halogenated alkanes) is 4. The van der Waals surface area contributed by atoms with Crippen LogP contribution in [0.2, 0.25) is 0 Å². The number of hydrogen-bond donors (Lipinski definition) is 3. The van der Waals surface area contributed by atoms with Crippen LogP contribution in [-0.2, 0) is 4.79 Å². The highest BCUT2D eigenvalue weighted by molar-refractivity contribution is 6.00. The predicted molar refractivity (Wildman–Crippen MR) is 113 cm³/mol. The van der Waals surface area contributed by atoms with Crippen LogP contribution in [-0.4, -0.2) is 22.2 Å². The van der Waals surface area contributed by atoms with Gasteiger partial charge in [-0.15, -0.1) is 0 Å². The van der Waals surface area contributed by atoms with Gasteiger partial charge in [-0.2, -0.15) is 0 Å². The van der Waals surface area contributed by atoms with Gasteiger partial charge in [0.2, 0.25) is 5.91 Å². The van der Waals surface area contributed by atoms with Crippen LogP contribution in [0.1, 0.15) is 58.3 Å². The maximum Gasteiger partial charge on any atom is 0.248 e. The molecule has 1 unspecified atom stereocenters. The summed E-state index contributed by atoms with van der Waals surface area (Å²) in [6, 6.07) is 6.61. The second kappa shape index (κ2) is 14.8. The number of allylic oxidation sites excluding steroid dienone is 5. The van der Waals surface area contributed by atoms with Crippen molar-refractivity contribution in [3.05, 3.63) is 60.7 Å². The Hall–Kier alpha value is -2.33. The molecule has 0 saturated heterocycles. The summed E-state index contributed by atoms with van der Waals surface area (Å²) in [7, 11) is 0. The molecule has 0 aliphatic carbocycles. The Balaban J connectivity index is 2.11. The van der Waals surface area contributed by atoms with Crippen LogP contribution >= 0.6 is 0 Å². The quantitative estimate of drug-likeness (QED) is 0.186. The fourth-order valence-corrected chi connectivity index (χ4v) is 2.62. The van der Waals surface area contributed by atoms with Crippen LogP contribution in [0, 0.1) is 0 Å². The summed E-state index contributed by atoms with van der Waals surface area (Å²) in [5, 5.41) is 22.1. The van der Waals surface area contributed by atoms with Gasteiger partial charge in [-0.05, 0) is 37.8 Å². The molecule has 0 fully saturated rings. The number of para-hydroxylation sites is 2. The number of aliphatic hydroxyl groups excluding tert-OH is 1. The van der Waals surface area contributed by atoms with Crippen molar-refractivity contribution in [3.63, 3.8) is 0 Å². The Morgan fingerprint density at radius 2 is 1.74 bits per heavy atom. The van der Waals surface area contributed by atoms with Crippen molar-refractivity contribution in [3.8, 4) is 5.75 Å². The molecule has 0 aromatic heterocycles. The molecule has 0 spiro atoms. The number of phenolic OH excluding ortho intramolecular Hbond substituents is 1. The minimum Gasteiger partial charge on any atom is -0.506 e. The molecular weight excluding hydrogens is 338 g/mol. The highest BCUT2D eigenvalue weighted by Crippen LogP contribution is 2.21. The van der Waals surface area contributed by atoms with Crippen LogP contribution in [0.15, 0.2) is 60.7 Å². The molecule has 0 heterocycles. The second-order valence-electron chi connectivity index (χ2n) is 6.61. The molecule has 1 amide bonds. The summed E-state index contributed by atoms with van der Waals surface area (Å²) in [6.07, 6.45) is 19.1. The summed E-state index contributed by atoms with van der Waals surface area (Å²) in [6.45, 7) is 2.17. The second-order valence-corrected chi connectivity index (χ2v) is 6.61.